The van der Waals surface area contributed by atoms with Crippen molar-refractivity contribution in [3.63, 3.8) is 0 Å². The number of benzene rings is 3. The Morgan fingerprint density at radius 2 is 1.69 bits per heavy atom. The van der Waals surface area contributed by atoms with Crippen LogP contribution in [-0.4, -0.2) is 19.8 Å². The van der Waals surface area contributed by atoms with E-state index in [-0.39, 0.29) is 11.2 Å². The van der Waals surface area contributed by atoms with Crippen molar-refractivity contribution in [2.45, 2.75) is 24.8 Å². The number of halogens is 1. The van der Waals surface area contributed by atoms with Crippen LogP contribution in [0.4, 0.5) is 4.39 Å². The van der Waals surface area contributed by atoms with E-state index < -0.39 is 0 Å². The van der Waals surface area contributed by atoms with Gasteiger partial charge in [0.25, 0.3) is 0 Å². The van der Waals surface area contributed by atoms with Crippen molar-refractivity contribution >= 4 is 10.8 Å². The summed E-state index contributed by atoms with van der Waals surface area (Å²) in [6.45, 7) is 3.09. The van der Waals surface area contributed by atoms with Crippen LogP contribution in [0.15, 0.2) is 66.7 Å². The highest BCUT2D eigenvalue weighted by molar-refractivity contribution is 5.82. The van der Waals surface area contributed by atoms with E-state index in [0.29, 0.717) is 0 Å². The second kappa shape index (κ2) is 7.56. The molecule has 0 aliphatic carbocycles. The van der Waals surface area contributed by atoms with E-state index in [9.17, 15) is 4.39 Å². The molecule has 0 atom stereocenters. The van der Waals surface area contributed by atoms with Crippen molar-refractivity contribution in [2.24, 2.45) is 0 Å². The lowest BCUT2D eigenvalue weighted by Crippen LogP contribution is -2.42. The Labute approximate surface area is 154 Å². The number of ether oxygens (including phenoxy) is 1. The molecular weight excluding hydrogens is 325 g/mol. The first-order chi connectivity index (χ1) is 12.8. The maximum Gasteiger partial charge on any atom is 0.123 e. The third kappa shape index (κ3) is 3.64. The smallest absolute Gasteiger partial charge is 0.123 e. The number of rotatable bonds is 5. The lowest BCUT2D eigenvalue weighted by molar-refractivity contribution is 0.0497. The second-order valence-electron chi connectivity index (χ2n) is 7.19. The highest BCUT2D eigenvalue weighted by Gasteiger charge is 2.34. The third-order valence-electron chi connectivity index (χ3n) is 5.49. The summed E-state index contributed by atoms with van der Waals surface area (Å²) in [6, 6.07) is 22.0. The average molecular weight is 349 g/mol. The summed E-state index contributed by atoms with van der Waals surface area (Å²) in [4.78, 5) is 0. The maximum atomic E-state index is 13.8. The van der Waals surface area contributed by atoms with Gasteiger partial charge in [-0.05, 0) is 52.9 Å². The van der Waals surface area contributed by atoms with Crippen molar-refractivity contribution < 1.29 is 9.13 Å². The topological polar surface area (TPSA) is 21.3 Å². The molecule has 3 aromatic rings. The van der Waals surface area contributed by atoms with Crippen molar-refractivity contribution in [3.8, 4) is 0 Å². The summed E-state index contributed by atoms with van der Waals surface area (Å²) in [7, 11) is 0. The first kappa shape index (κ1) is 17.2. The summed E-state index contributed by atoms with van der Waals surface area (Å²) in [5.74, 6) is -0.164. The zero-order chi connectivity index (χ0) is 17.8. The van der Waals surface area contributed by atoms with Crippen LogP contribution >= 0.6 is 0 Å². The van der Waals surface area contributed by atoms with Gasteiger partial charge in [-0.25, -0.2) is 4.39 Å². The summed E-state index contributed by atoms with van der Waals surface area (Å²) >= 11 is 0. The van der Waals surface area contributed by atoms with Gasteiger partial charge in [0.1, 0.15) is 5.82 Å². The molecule has 4 rings (SSSR count). The van der Waals surface area contributed by atoms with E-state index in [1.165, 1.54) is 22.4 Å². The predicted octanol–water partition coefficient (Wildman–Crippen LogP) is 4.82. The van der Waals surface area contributed by atoms with E-state index >= 15 is 0 Å². The molecule has 0 spiro atoms. The van der Waals surface area contributed by atoms with Crippen LogP contribution in [-0.2, 0) is 16.7 Å². The summed E-state index contributed by atoms with van der Waals surface area (Å²) in [6.07, 6.45) is 1.84. The normalized spacial score (nSPS) is 16.7. The van der Waals surface area contributed by atoms with Gasteiger partial charge in [-0.2, -0.15) is 0 Å². The minimum atomic E-state index is -0.164. The van der Waals surface area contributed by atoms with E-state index in [0.717, 1.165) is 44.7 Å². The number of nitrogens with one attached hydrogen (secondary N) is 1. The summed E-state index contributed by atoms with van der Waals surface area (Å²) in [5.41, 5.74) is 2.29. The fourth-order valence-corrected chi connectivity index (χ4v) is 3.94. The van der Waals surface area contributed by atoms with Crippen LogP contribution in [0.25, 0.3) is 10.8 Å². The molecule has 2 nitrogen and oxygen atoms in total. The lowest BCUT2D eigenvalue weighted by atomic mass is 9.74. The van der Waals surface area contributed by atoms with E-state index in [1.54, 1.807) is 6.07 Å². The molecule has 0 saturated carbocycles. The Balaban J connectivity index is 1.49. The van der Waals surface area contributed by atoms with Gasteiger partial charge in [-0.1, -0.05) is 48.5 Å². The molecule has 0 bridgehead atoms. The predicted molar refractivity (Wildman–Crippen MR) is 104 cm³/mol. The Hall–Kier alpha value is -2.23. The molecule has 0 unspecified atom stereocenters. The Bertz CT molecular complexity index is 886. The molecule has 0 radical (unpaired) electrons. The van der Waals surface area contributed by atoms with Crippen molar-refractivity contribution in [3.05, 3.63) is 83.7 Å². The molecule has 26 heavy (non-hydrogen) atoms. The zero-order valence-electron chi connectivity index (χ0n) is 14.9. The molecule has 1 fully saturated rings. The van der Waals surface area contributed by atoms with Gasteiger partial charge in [0, 0.05) is 31.7 Å². The van der Waals surface area contributed by atoms with Crippen molar-refractivity contribution in [2.75, 3.05) is 19.8 Å². The molecule has 1 aliphatic heterocycles. The highest BCUT2D eigenvalue weighted by Crippen LogP contribution is 2.34. The molecular formula is C23H24FNO. The van der Waals surface area contributed by atoms with Gasteiger partial charge in [0.05, 0.1) is 0 Å². The van der Waals surface area contributed by atoms with Gasteiger partial charge in [0.15, 0.2) is 0 Å². The van der Waals surface area contributed by atoms with Gasteiger partial charge < -0.3 is 10.1 Å². The van der Waals surface area contributed by atoms with Gasteiger partial charge >= 0.3 is 0 Å². The molecule has 0 aromatic heterocycles. The fraction of sp³-hybridized carbons (Fsp3) is 0.304. The maximum absolute atomic E-state index is 13.8. The molecule has 3 heteroatoms. The Kier molecular flexibility index (Phi) is 5.00. The van der Waals surface area contributed by atoms with Crippen molar-refractivity contribution in [1.82, 2.24) is 5.32 Å². The highest BCUT2D eigenvalue weighted by atomic mass is 19.1. The van der Waals surface area contributed by atoms with Gasteiger partial charge in [0.2, 0.25) is 0 Å². The third-order valence-corrected chi connectivity index (χ3v) is 5.49. The number of fused-ring (bicyclic) bond motifs is 1. The first-order valence-corrected chi connectivity index (χ1v) is 9.27. The SMILES string of the molecule is Fc1cccc(C2(CNCc3ccc4ccccc4c3)CCOCC2)c1. The van der Waals surface area contributed by atoms with E-state index in [4.69, 9.17) is 4.74 Å². The second-order valence-corrected chi connectivity index (χ2v) is 7.19. The molecule has 1 aliphatic rings. The van der Waals surface area contributed by atoms with Crippen LogP contribution in [0.3, 0.4) is 0 Å². The Morgan fingerprint density at radius 1 is 0.885 bits per heavy atom. The minimum absolute atomic E-state index is 0.0583. The minimum Gasteiger partial charge on any atom is -0.381 e. The van der Waals surface area contributed by atoms with Crippen LogP contribution in [0.1, 0.15) is 24.0 Å². The lowest BCUT2D eigenvalue weighted by Gasteiger charge is -2.38. The molecule has 1 N–H and O–H groups in total. The molecule has 1 saturated heterocycles. The zero-order valence-corrected chi connectivity index (χ0v) is 14.9. The van der Waals surface area contributed by atoms with Gasteiger partial charge in [-0.3, -0.25) is 0 Å². The first-order valence-electron chi connectivity index (χ1n) is 9.27. The number of hydrogen-bond donors (Lipinski definition) is 1. The monoisotopic (exact) mass is 349 g/mol. The van der Waals surface area contributed by atoms with E-state index in [1.807, 2.05) is 12.1 Å². The van der Waals surface area contributed by atoms with Crippen LogP contribution < -0.4 is 5.32 Å². The summed E-state index contributed by atoms with van der Waals surface area (Å²) in [5, 5.41) is 6.14. The molecule has 3 aromatic carbocycles. The quantitative estimate of drug-likeness (QED) is 0.713. The average Bonchev–Trinajstić information content (AvgIpc) is 2.69. The largest absolute Gasteiger partial charge is 0.381 e. The van der Waals surface area contributed by atoms with Crippen molar-refractivity contribution in [1.29, 1.82) is 0 Å². The standard InChI is InChI=1S/C23H24FNO/c24-22-7-3-6-21(15-22)23(10-12-26-13-11-23)17-25-16-18-8-9-19-4-1-2-5-20(19)14-18/h1-9,14-15,25H,10-13,16-17H2. The molecule has 1 heterocycles. The number of hydrogen-bond acceptors (Lipinski definition) is 2. The summed E-state index contributed by atoms with van der Waals surface area (Å²) < 4.78 is 19.3. The molecule has 0 amide bonds. The Morgan fingerprint density at radius 3 is 2.50 bits per heavy atom. The van der Waals surface area contributed by atoms with Crippen LogP contribution in [0.5, 0.6) is 0 Å². The molecule has 134 valence electrons. The van der Waals surface area contributed by atoms with E-state index in [2.05, 4.69) is 47.8 Å². The van der Waals surface area contributed by atoms with Crippen LogP contribution in [0, 0.1) is 5.82 Å². The fourth-order valence-electron chi connectivity index (χ4n) is 3.94. The van der Waals surface area contributed by atoms with Gasteiger partial charge in [-0.15, -0.1) is 0 Å². The van der Waals surface area contributed by atoms with Crippen LogP contribution in [0.2, 0.25) is 0 Å².